The molecule has 2 atom stereocenters. The highest BCUT2D eigenvalue weighted by Gasteiger charge is 2.17. The molecular formula is C11H20N2OS. The first kappa shape index (κ1) is 12.6. The smallest absolute Gasteiger partial charge is 0.0944 e. The van der Waals surface area contributed by atoms with Gasteiger partial charge in [0.2, 0.25) is 0 Å². The highest BCUT2D eigenvalue weighted by Crippen LogP contribution is 2.13. The maximum absolute atomic E-state index is 5.36. The van der Waals surface area contributed by atoms with Gasteiger partial charge < -0.3 is 10.1 Å². The normalized spacial score (nSPS) is 15.2. The molecule has 0 aliphatic rings. The van der Waals surface area contributed by atoms with Crippen LogP contribution in [-0.4, -0.2) is 30.8 Å². The Hall–Kier alpha value is -0.450. The van der Waals surface area contributed by atoms with Gasteiger partial charge in [0.05, 0.1) is 11.1 Å². The fourth-order valence-electron chi connectivity index (χ4n) is 1.52. The maximum atomic E-state index is 5.36. The summed E-state index contributed by atoms with van der Waals surface area (Å²) in [5.41, 5.74) is 1.11. The molecule has 0 aliphatic carbocycles. The predicted octanol–water partition coefficient (Wildman–Crippen LogP) is 2.01. The Bertz CT molecular complexity index is 288. The van der Waals surface area contributed by atoms with Crippen molar-refractivity contribution in [3.63, 3.8) is 0 Å². The number of aromatic nitrogens is 1. The molecule has 0 saturated carbocycles. The zero-order valence-electron chi connectivity index (χ0n) is 9.91. The number of nitrogens with one attached hydrogen (secondary N) is 1. The van der Waals surface area contributed by atoms with Gasteiger partial charge >= 0.3 is 0 Å². The van der Waals surface area contributed by atoms with E-state index in [2.05, 4.69) is 29.5 Å². The molecule has 1 aromatic heterocycles. The number of aryl methyl sites for hydroxylation is 1. The molecule has 1 heterocycles. The Morgan fingerprint density at radius 2 is 2.33 bits per heavy atom. The molecule has 0 spiro atoms. The van der Waals surface area contributed by atoms with E-state index in [1.807, 2.05) is 6.92 Å². The summed E-state index contributed by atoms with van der Waals surface area (Å²) in [5, 5.41) is 6.71. The van der Waals surface area contributed by atoms with E-state index in [9.17, 15) is 0 Å². The zero-order valence-corrected chi connectivity index (χ0v) is 10.7. The summed E-state index contributed by atoms with van der Waals surface area (Å²) < 4.78 is 5.36. The third-order valence-electron chi connectivity index (χ3n) is 2.47. The van der Waals surface area contributed by atoms with Crippen LogP contribution in [0.3, 0.4) is 0 Å². The highest BCUT2D eigenvalue weighted by molar-refractivity contribution is 7.09. The topological polar surface area (TPSA) is 34.2 Å². The lowest BCUT2D eigenvalue weighted by molar-refractivity contribution is 0.0836. The standard InChI is InChI=1S/C11H20N2OS/c1-5-12-10(9(3)14-4)6-11-13-8(2)7-15-11/h7,9-10,12H,5-6H2,1-4H3. The number of methoxy groups -OCH3 is 1. The number of nitrogens with zero attached hydrogens (tertiary/aromatic N) is 1. The molecule has 1 N–H and O–H groups in total. The van der Waals surface area contributed by atoms with Crippen LogP contribution >= 0.6 is 11.3 Å². The van der Waals surface area contributed by atoms with Crippen LogP contribution in [0.25, 0.3) is 0 Å². The fourth-order valence-corrected chi connectivity index (χ4v) is 2.35. The first-order valence-corrected chi connectivity index (χ1v) is 6.22. The third kappa shape index (κ3) is 3.89. The van der Waals surface area contributed by atoms with Crippen molar-refractivity contribution >= 4 is 11.3 Å². The van der Waals surface area contributed by atoms with Gasteiger partial charge in [0.1, 0.15) is 0 Å². The quantitative estimate of drug-likeness (QED) is 0.808. The predicted molar refractivity (Wildman–Crippen MR) is 64.5 cm³/mol. The summed E-state index contributed by atoms with van der Waals surface area (Å²) in [5.74, 6) is 0. The molecule has 1 aromatic rings. The lowest BCUT2D eigenvalue weighted by Gasteiger charge is -2.22. The third-order valence-corrected chi connectivity index (χ3v) is 3.45. The molecule has 0 bridgehead atoms. The Morgan fingerprint density at radius 1 is 1.60 bits per heavy atom. The second-order valence-corrected chi connectivity index (χ2v) is 4.63. The molecule has 4 heteroatoms. The second kappa shape index (κ2) is 6.20. The molecule has 15 heavy (non-hydrogen) atoms. The van der Waals surface area contributed by atoms with Crippen LogP contribution in [-0.2, 0) is 11.2 Å². The van der Waals surface area contributed by atoms with Gasteiger partial charge in [-0.25, -0.2) is 4.98 Å². The molecule has 0 amide bonds. The average molecular weight is 228 g/mol. The largest absolute Gasteiger partial charge is 0.380 e. The minimum Gasteiger partial charge on any atom is -0.380 e. The summed E-state index contributed by atoms with van der Waals surface area (Å²) in [4.78, 5) is 4.47. The van der Waals surface area contributed by atoms with Gasteiger partial charge in [-0.3, -0.25) is 0 Å². The number of rotatable bonds is 6. The average Bonchev–Trinajstić information content (AvgIpc) is 2.62. The van der Waals surface area contributed by atoms with Crippen molar-refractivity contribution in [3.8, 4) is 0 Å². The van der Waals surface area contributed by atoms with Crippen LogP contribution in [0.5, 0.6) is 0 Å². The number of likely N-dealkylation sites (N-methyl/N-ethyl adjacent to an activating group) is 1. The molecule has 0 aromatic carbocycles. The second-order valence-electron chi connectivity index (χ2n) is 3.69. The minimum absolute atomic E-state index is 0.217. The van der Waals surface area contributed by atoms with Gasteiger partial charge in [0, 0.05) is 30.6 Å². The number of ether oxygens (including phenoxy) is 1. The number of hydrogen-bond acceptors (Lipinski definition) is 4. The molecule has 2 unspecified atom stereocenters. The van der Waals surface area contributed by atoms with Gasteiger partial charge in [0.25, 0.3) is 0 Å². The Kier molecular flexibility index (Phi) is 5.22. The van der Waals surface area contributed by atoms with Crippen molar-refractivity contribution in [1.82, 2.24) is 10.3 Å². The van der Waals surface area contributed by atoms with Crippen LogP contribution in [0.4, 0.5) is 0 Å². The summed E-state index contributed by atoms with van der Waals surface area (Å²) in [6, 6.07) is 0.352. The van der Waals surface area contributed by atoms with E-state index in [4.69, 9.17) is 4.74 Å². The van der Waals surface area contributed by atoms with Crippen molar-refractivity contribution in [2.45, 2.75) is 39.3 Å². The van der Waals surface area contributed by atoms with Gasteiger partial charge in [-0.2, -0.15) is 0 Å². The van der Waals surface area contributed by atoms with Crippen molar-refractivity contribution < 1.29 is 4.74 Å². The van der Waals surface area contributed by atoms with E-state index in [-0.39, 0.29) is 6.10 Å². The number of hydrogen-bond donors (Lipinski definition) is 1. The molecule has 0 aliphatic heterocycles. The molecule has 86 valence electrons. The number of thiazole rings is 1. The van der Waals surface area contributed by atoms with Crippen molar-refractivity contribution in [3.05, 3.63) is 16.1 Å². The highest BCUT2D eigenvalue weighted by atomic mass is 32.1. The monoisotopic (exact) mass is 228 g/mol. The SMILES string of the molecule is CCNC(Cc1nc(C)cs1)C(C)OC. The van der Waals surface area contributed by atoms with E-state index in [0.29, 0.717) is 6.04 Å². The lowest BCUT2D eigenvalue weighted by atomic mass is 10.1. The zero-order chi connectivity index (χ0) is 11.3. The van der Waals surface area contributed by atoms with Crippen LogP contribution < -0.4 is 5.32 Å². The summed E-state index contributed by atoms with van der Waals surface area (Å²) in [6.45, 7) is 7.20. The summed E-state index contributed by atoms with van der Waals surface area (Å²) >= 11 is 1.72. The van der Waals surface area contributed by atoms with Crippen LogP contribution in [0.2, 0.25) is 0 Å². The first-order chi connectivity index (χ1) is 7.17. The first-order valence-electron chi connectivity index (χ1n) is 5.34. The lowest BCUT2D eigenvalue weighted by Crippen LogP contribution is -2.40. The van der Waals surface area contributed by atoms with E-state index >= 15 is 0 Å². The Morgan fingerprint density at radius 3 is 2.80 bits per heavy atom. The van der Waals surface area contributed by atoms with E-state index < -0.39 is 0 Å². The Balaban J connectivity index is 2.57. The van der Waals surface area contributed by atoms with E-state index in [1.165, 1.54) is 5.01 Å². The molecule has 1 rings (SSSR count). The maximum Gasteiger partial charge on any atom is 0.0944 e. The van der Waals surface area contributed by atoms with Crippen molar-refractivity contribution in [2.75, 3.05) is 13.7 Å². The summed E-state index contributed by atoms with van der Waals surface area (Å²) in [6.07, 6.45) is 1.16. The van der Waals surface area contributed by atoms with Crippen molar-refractivity contribution in [2.24, 2.45) is 0 Å². The van der Waals surface area contributed by atoms with Gasteiger partial charge in [-0.05, 0) is 20.4 Å². The molecule has 3 nitrogen and oxygen atoms in total. The van der Waals surface area contributed by atoms with E-state index in [0.717, 1.165) is 18.7 Å². The van der Waals surface area contributed by atoms with E-state index in [1.54, 1.807) is 18.4 Å². The Labute approximate surface area is 95.9 Å². The molecule has 0 radical (unpaired) electrons. The van der Waals surface area contributed by atoms with Crippen molar-refractivity contribution in [1.29, 1.82) is 0 Å². The molecule has 0 saturated heterocycles. The summed E-state index contributed by atoms with van der Waals surface area (Å²) in [7, 11) is 1.75. The van der Waals surface area contributed by atoms with Crippen LogP contribution in [0.1, 0.15) is 24.5 Å². The minimum atomic E-state index is 0.217. The molecule has 0 fully saturated rings. The van der Waals surface area contributed by atoms with Gasteiger partial charge in [-0.1, -0.05) is 6.92 Å². The fraction of sp³-hybridized carbons (Fsp3) is 0.727. The molecular weight excluding hydrogens is 208 g/mol. The van der Waals surface area contributed by atoms with Gasteiger partial charge in [-0.15, -0.1) is 11.3 Å². The van der Waals surface area contributed by atoms with Crippen LogP contribution in [0, 0.1) is 6.92 Å². The van der Waals surface area contributed by atoms with Gasteiger partial charge in [0.15, 0.2) is 0 Å². The van der Waals surface area contributed by atoms with Crippen LogP contribution in [0.15, 0.2) is 5.38 Å².